The van der Waals surface area contributed by atoms with E-state index in [2.05, 4.69) is 9.97 Å². The van der Waals surface area contributed by atoms with E-state index in [9.17, 15) is 19.8 Å². The molecule has 0 saturated heterocycles. The number of benzene rings is 3. The van der Waals surface area contributed by atoms with Gasteiger partial charge in [-0.3, -0.25) is 14.6 Å². The third kappa shape index (κ3) is 2.42. The summed E-state index contributed by atoms with van der Waals surface area (Å²) in [6.45, 7) is 0.256. The van der Waals surface area contributed by atoms with E-state index in [4.69, 9.17) is 0 Å². The molecule has 0 aliphatic heterocycles. The van der Waals surface area contributed by atoms with E-state index in [0.29, 0.717) is 5.69 Å². The molecule has 6 rings (SSSR count). The molecule has 2 heterocycles. The monoisotopic (exact) mass is 421 g/mol. The summed E-state index contributed by atoms with van der Waals surface area (Å²) in [5.41, 5.74) is 1.75. The topological polar surface area (TPSA) is 105 Å². The van der Waals surface area contributed by atoms with E-state index >= 15 is 0 Å². The Bertz CT molecular complexity index is 1620. The van der Waals surface area contributed by atoms with Gasteiger partial charge in [-0.2, -0.15) is 0 Å². The molecule has 0 amide bonds. The number of carbonyl (C=O) groups is 2. The second-order valence-electron chi connectivity index (χ2n) is 7.72. The largest absolute Gasteiger partial charge is 0.505 e. The van der Waals surface area contributed by atoms with Crippen LogP contribution in [0.3, 0.4) is 0 Å². The quantitative estimate of drug-likeness (QED) is 0.412. The fourth-order valence-corrected chi connectivity index (χ4v) is 4.36. The Morgan fingerprint density at radius 3 is 2.19 bits per heavy atom. The number of aromatic hydroxyl groups is 2. The van der Waals surface area contributed by atoms with E-state index in [1.165, 1.54) is 18.5 Å². The number of para-hydroxylation sites is 1. The lowest BCUT2D eigenvalue weighted by atomic mass is 9.82. The molecular weight excluding hydrogens is 406 g/mol. The van der Waals surface area contributed by atoms with Crippen LogP contribution in [0, 0.1) is 0 Å². The SMILES string of the molecule is O=C1c2ccccc2C(=O)c2c1c(O)c1ncn(Cc3ccc4ccccc4n3)c1c2O. The van der Waals surface area contributed by atoms with Crippen LogP contribution >= 0.6 is 0 Å². The van der Waals surface area contributed by atoms with Crippen molar-refractivity contribution in [3.05, 3.63) is 94.9 Å². The van der Waals surface area contributed by atoms with E-state index in [1.807, 2.05) is 36.4 Å². The number of carbonyl (C=O) groups excluding carboxylic acids is 2. The number of phenolic OH excluding ortho intramolecular Hbond substituents is 2. The normalized spacial score (nSPS) is 12.9. The van der Waals surface area contributed by atoms with E-state index in [0.717, 1.165) is 10.9 Å². The highest BCUT2D eigenvalue weighted by Crippen LogP contribution is 2.43. The van der Waals surface area contributed by atoms with Gasteiger partial charge in [0.1, 0.15) is 11.0 Å². The summed E-state index contributed by atoms with van der Waals surface area (Å²) in [5, 5.41) is 23.0. The molecule has 0 bridgehead atoms. The Labute approximate surface area is 181 Å². The number of imidazole rings is 1. The molecule has 0 spiro atoms. The summed E-state index contributed by atoms with van der Waals surface area (Å²) >= 11 is 0. The third-order valence-corrected chi connectivity index (χ3v) is 5.87. The minimum Gasteiger partial charge on any atom is -0.505 e. The summed E-state index contributed by atoms with van der Waals surface area (Å²) in [4.78, 5) is 35.0. The molecule has 0 unspecified atom stereocenters. The first-order valence-corrected chi connectivity index (χ1v) is 10.0. The number of nitrogens with zero attached hydrogens (tertiary/aromatic N) is 3. The molecule has 3 aromatic carbocycles. The molecule has 0 saturated carbocycles. The predicted molar refractivity (Wildman–Crippen MR) is 117 cm³/mol. The molecule has 0 atom stereocenters. The Morgan fingerprint density at radius 2 is 1.44 bits per heavy atom. The maximum atomic E-state index is 13.1. The van der Waals surface area contributed by atoms with Gasteiger partial charge in [0.05, 0.1) is 35.2 Å². The van der Waals surface area contributed by atoms with Gasteiger partial charge in [0, 0.05) is 16.5 Å². The van der Waals surface area contributed by atoms with Crippen LogP contribution in [-0.2, 0) is 6.54 Å². The van der Waals surface area contributed by atoms with Crippen LogP contribution in [0.4, 0.5) is 0 Å². The highest BCUT2D eigenvalue weighted by molar-refractivity contribution is 6.32. The average Bonchev–Trinajstić information content (AvgIpc) is 3.24. The van der Waals surface area contributed by atoms with E-state index in [-0.39, 0.29) is 45.6 Å². The molecule has 32 heavy (non-hydrogen) atoms. The summed E-state index contributed by atoms with van der Waals surface area (Å²) < 4.78 is 1.61. The summed E-state index contributed by atoms with van der Waals surface area (Å²) in [5.74, 6) is -1.82. The first-order chi connectivity index (χ1) is 15.5. The van der Waals surface area contributed by atoms with Crippen molar-refractivity contribution >= 4 is 33.5 Å². The predicted octanol–water partition coefficient (Wildman–Crippen LogP) is 3.82. The second-order valence-corrected chi connectivity index (χ2v) is 7.72. The first-order valence-electron chi connectivity index (χ1n) is 10.0. The molecule has 1 aliphatic carbocycles. The molecule has 2 aromatic heterocycles. The van der Waals surface area contributed by atoms with Crippen molar-refractivity contribution in [2.45, 2.75) is 6.54 Å². The Hall–Kier alpha value is -4.52. The highest BCUT2D eigenvalue weighted by atomic mass is 16.3. The smallest absolute Gasteiger partial charge is 0.198 e. The zero-order valence-electron chi connectivity index (χ0n) is 16.6. The van der Waals surface area contributed by atoms with Crippen molar-refractivity contribution in [3.63, 3.8) is 0 Å². The van der Waals surface area contributed by atoms with E-state index in [1.54, 1.807) is 16.7 Å². The molecule has 0 fully saturated rings. The molecule has 2 N–H and O–H groups in total. The number of fused-ring (bicyclic) bond motifs is 4. The second kappa shape index (κ2) is 6.49. The molecule has 154 valence electrons. The van der Waals surface area contributed by atoms with Crippen LogP contribution in [0.15, 0.2) is 67.0 Å². The van der Waals surface area contributed by atoms with Crippen molar-refractivity contribution in [1.82, 2.24) is 14.5 Å². The zero-order valence-corrected chi connectivity index (χ0v) is 16.6. The molecule has 1 aliphatic rings. The first kappa shape index (κ1) is 18.3. The molecule has 7 nitrogen and oxygen atoms in total. The summed E-state index contributed by atoms with van der Waals surface area (Å²) in [6, 6.07) is 17.9. The van der Waals surface area contributed by atoms with Crippen LogP contribution in [0.1, 0.15) is 37.5 Å². The van der Waals surface area contributed by atoms with Gasteiger partial charge >= 0.3 is 0 Å². The summed E-state index contributed by atoms with van der Waals surface area (Å²) in [7, 11) is 0. The third-order valence-electron chi connectivity index (χ3n) is 5.87. The molecule has 5 aromatic rings. The van der Waals surface area contributed by atoms with Crippen LogP contribution < -0.4 is 0 Å². The van der Waals surface area contributed by atoms with E-state index < -0.39 is 17.3 Å². The van der Waals surface area contributed by atoms with Crippen molar-refractivity contribution in [1.29, 1.82) is 0 Å². The van der Waals surface area contributed by atoms with Crippen LogP contribution in [-0.4, -0.2) is 36.3 Å². The van der Waals surface area contributed by atoms with Gasteiger partial charge in [-0.15, -0.1) is 0 Å². The zero-order chi connectivity index (χ0) is 22.0. The van der Waals surface area contributed by atoms with Crippen molar-refractivity contribution in [2.75, 3.05) is 0 Å². The average molecular weight is 421 g/mol. The number of ketones is 2. The minimum atomic E-state index is -0.518. The molecular formula is C25H15N3O4. The number of phenols is 2. The Balaban J connectivity index is 1.54. The van der Waals surface area contributed by atoms with Gasteiger partial charge in [0.15, 0.2) is 23.1 Å². The van der Waals surface area contributed by atoms with Crippen LogP contribution in [0.5, 0.6) is 11.5 Å². The number of rotatable bonds is 2. The number of aromatic nitrogens is 3. The molecule has 0 radical (unpaired) electrons. The maximum Gasteiger partial charge on any atom is 0.198 e. The van der Waals surface area contributed by atoms with Crippen molar-refractivity contribution < 1.29 is 19.8 Å². The van der Waals surface area contributed by atoms with Crippen molar-refractivity contribution in [3.8, 4) is 11.5 Å². The molecule has 7 heteroatoms. The van der Waals surface area contributed by atoms with Crippen molar-refractivity contribution in [2.24, 2.45) is 0 Å². The Kier molecular flexibility index (Phi) is 3.70. The maximum absolute atomic E-state index is 13.1. The van der Waals surface area contributed by atoms with Gasteiger partial charge in [-0.25, -0.2) is 4.98 Å². The lowest BCUT2D eigenvalue weighted by Crippen LogP contribution is -2.21. The minimum absolute atomic E-state index is 0.0579. The fourth-order valence-electron chi connectivity index (χ4n) is 4.36. The van der Waals surface area contributed by atoms with Gasteiger partial charge in [0.2, 0.25) is 0 Å². The van der Waals surface area contributed by atoms with Gasteiger partial charge in [0.25, 0.3) is 0 Å². The lowest BCUT2D eigenvalue weighted by Gasteiger charge is -2.20. The Morgan fingerprint density at radius 1 is 0.781 bits per heavy atom. The lowest BCUT2D eigenvalue weighted by molar-refractivity contribution is 0.0974. The number of hydrogen-bond acceptors (Lipinski definition) is 6. The van der Waals surface area contributed by atoms with Crippen LogP contribution in [0.25, 0.3) is 21.9 Å². The van der Waals surface area contributed by atoms with Crippen LogP contribution in [0.2, 0.25) is 0 Å². The van der Waals surface area contributed by atoms with Gasteiger partial charge in [-0.05, 0) is 12.1 Å². The number of pyridine rings is 1. The fraction of sp³-hybridized carbons (Fsp3) is 0.0400. The highest BCUT2D eigenvalue weighted by Gasteiger charge is 2.37. The summed E-state index contributed by atoms with van der Waals surface area (Å²) in [6.07, 6.45) is 1.45. The standard InChI is InChI=1S/C25H15N3O4/c29-22-15-6-2-3-7-16(15)23(30)19-18(22)24(31)20-21(25(19)32)28(12-26-20)11-14-10-9-13-5-1-4-8-17(13)27-14/h1-10,12,31-32H,11H2. The van der Waals surface area contributed by atoms with Gasteiger partial charge in [-0.1, -0.05) is 48.5 Å². The van der Waals surface area contributed by atoms with Gasteiger partial charge < -0.3 is 14.8 Å². The number of hydrogen-bond donors (Lipinski definition) is 2.